The summed E-state index contributed by atoms with van der Waals surface area (Å²) in [6.45, 7) is 0.145. The van der Waals surface area contributed by atoms with Gasteiger partial charge in [0.15, 0.2) is 0 Å². The molecule has 1 aromatic rings. The molecule has 0 spiro atoms. The maximum absolute atomic E-state index is 10.2. The highest BCUT2D eigenvalue weighted by atomic mass is 35.5. The van der Waals surface area contributed by atoms with Crippen LogP contribution >= 0.6 is 11.6 Å². The summed E-state index contributed by atoms with van der Waals surface area (Å²) in [5, 5.41) is 21.4. The van der Waals surface area contributed by atoms with Gasteiger partial charge in [0.2, 0.25) is 0 Å². The highest BCUT2D eigenvalue weighted by Crippen LogP contribution is 2.06. The molecule has 0 saturated heterocycles. The lowest BCUT2D eigenvalue weighted by Crippen LogP contribution is -2.08. The van der Waals surface area contributed by atoms with E-state index in [9.17, 15) is 10.1 Å². The van der Waals surface area contributed by atoms with Gasteiger partial charge in [0.1, 0.15) is 5.38 Å². The summed E-state index contributed by atoms with van der Waals surface area (Å²) in [7, 11) is 0. The highest BCUT2D eigenvalue weighted by Gasteiger charge is 2.13. The first-order chi connectivity index (χ1) is 6.13. The fourth-order valence-electron chi connectivity index (χ4n) is 0.755. The van der Waals surface area contributed by atoms with Crippen LogP contribution in [-0.2, 0) is 6.54 Å². The van der Waals surface area contributed by atoms with Crippen molar-refractivity contribution in [2.24, 2.45) is 0 Å². The molecule has 1 atom stereocenters. The molecule has 0 aromatic carbocycles. The Morgan fingerprint density at radius 1 is 1.92 bits per heavy atom. The molecule has 0 aliphatic heterocycles. The van der Waals surface area contributed by atoms with Crippen molar-refractivity contribution in [1.29, 1.82) is 5.26 Å². The topological polar surface area (TPSA) is 84.8 Å². The van der Waals surface area contributed by atoms with E-state index in [4.69, 9.17) is 16.9 Å². The average Bonchev–Trinajstić information content (AvgIpc) is 2.52. The Morgan fingerprint density at radius 2 is 2.62 bits per heavy atom. The van der Waals surface area contributed by atoms with Gasteiger partial charge in [-0.1, -0.05) is 0 Å². The second-order valence-corrected chi connectivity index (χ2v) is 2.78. The van der Waals surface area contributed by atoms with Gasteiger partial charge in [0, 0.05) is 0 Å². The van der Waals surface area contributed by atoms with Gasteiger partial charge in [0.25, 0.3) is 0 Å². The predicted octanol–water partition coefficient (Wildman–Crippen LogP) is 0.922. The number of hydrogen-bond acceptors (Lipinski definition) is 4. The molecule has 0 saturated carbocycles. The maximum Gasteiger partial charge on any atom is 0.389 e. The van der Waals surface area contributed by atoms with Crippen LogP contribution in [0.3, 0.4) is 0 Å². The molecule has 7 heteroatoms. The standard InChI is InChI=1S/C6H5ClN4O2/c7-5(3-8)4-10-2-1-6(9-10)11(12)13/h1-2,5H,4H2. The lowest BCUT2D eigenvalue weighted by Gasteiger charge is -1.94. The monoisotopic (exact) mass is 200 g/mol. The molecule has 13 heavy (non-hydrogen) atoms. The fourth-order valence-corrected chi connectivity index (χ4v) is 0.896. The number of hydrogen-bond donors (Lipinski definition) is 0. The van der Waals surface area contributed by atoms with E-state index < -0.39 is 10.3 Å². The molecule has 6 nitrogen and oxygen atoms in total. The third kappa shape index (κ3) is 2.42. The molecule has 1 unspecified atom stereocenters. The van der Waals surface area contributed by atoms with E-state index in [1.54, 1.807) is 6.07 Å². The number of nitrogens with zero attached hydrogens (tertiary/aromatic N) is 4. The smallest absolute Gasteiger partial charge is 0.358 e. The molecule has 0 amide bonds. The van der Waals surface area contributed by atoms with Gasteiger partial charge >= 0.3 is 5.82 Å². The van der Waals surface area contributed by atoms with E-state index >= 15 is 0 Å². The summed E-state index contributed by atoms with van der Waals surface area (Å²) in [5.74, 6) is -0.248. The fraction of sp³-hybridized carbons (Fsp3) is 0.333. The van der Waals surface area contributed by atoms with Crippen LogP contribution in [0.15, 0.2) is 12.3 Å². The van der Waals surface area contributed by atoms with Crippen LogP contribution in [0, 0.1) is 21.4 Å². The third-order valence-corrected chi connectivity index (χ3v) is 1.54. The van der Waals surface area contributed by atoms with E-state index in [-0.39, 0.29) is 12.4 Å². The lowest BCUT2D eigenvalue weighted by molar-refractivity contribution is -0.389. The minimum atomic E-state index is -0.723. The first-order valence-corrected chi connectivity index (χ1v) is 3.78. The van der Waals surface area contributed by atoms with E-state index in [0.717, 1.165) is 0 Å². The molecular weight excluding hydrogens is 196 g/mol. The Morgan fingerprint density at radius 3 is 3.08 bits per heavy atom. The molecule has 1 rings (SSSR count). The minimum absolute atomic E-state index is 0.145. The Balaban J connectivity index is 2.70. The molecule has 0 radical (unpaired) electrons. The lowest BCUT2D eigenvalue weighted by atomic mass is 10.5. The number of rotatable bonds is 3. The zero-order chi connectivity index (χ0) is 9.84. The number of nitriles is 1. The summed E-state index contributed by atoms with van der Waals surface area (Å²) in [6.07, 6.45) is 1.41. The Bertz CT molecular complexity index is 356. The van der Waals surface area contributed by atoms with Crippen molar-refractivity contribution in [3.8, 4) is 6.07 Å². The van der Waals surface area contributed by atoms with Gasteiger partial charge in [-0.2, -0.15) is 9.94 Å². The summed E-state index contributed by atoms with van der Waals surface area (Å²) in [4.78, 5) is 9.60. The van der Waals surface area contributed by atoms with E-state index in [2.05, 4.69) is 5.10 Å². The molecule has 1 aromatic heterocycles. The van der Waals surface area contributed by atoms with Gasteiger partial charge in [-0.25, -0.2) is 0 Å². The van der Waals surface area contributed by atoms with Crippen molar-refractivity contribution >= 4 is 17.4 Å². The number of alkyl halides is 1. The normalized spacial score (nSPS) is 12.0. The molecule has 0 fully saturated rings. The van der Waals surface area contributed by atoms with Crippen LogP contribution in [0.5, 0.6) is 0 Å². The molecule has 68 valence electrons. The maximum atomic E-state index is 10.2. The average molecular weight is 201 g/mol. The van der Waals surface area contributed by atoms with Crippen molar-refractivity contribution in [1.82, 2.24) is 9.78 Å². The van der Waals surface area contributed by atoms with Crippen LogP contribution in [-0.4, -0.2) is 20.1 Å². The summed E-state index contributed by atoms with van der Waals surface area (Å²) < 4.78 is 1.26. The van der Waals surface area contributed by atoms with Crippen molar-refractivity contribution in [3.05, 3.63) is 22.4 Å². The van der Waals surface area contributed by atoms with Crippen molar-refractivity contribution in [2.75, 3.05) is 0 Å². The minimum Gasteiger partial charge on any atom is -0.358 e. The van der Waals surface area contributed by atoms with Gasteiger partial charge in [-0.05, 0) is 4.92 Å². The largest absolute Gasteiger partial charge is 0.389 e. The molecular formula is C6H5ClN4O2. The molecule has 0 N–H and O–H groups in total. The first-order valence-electron chi connectivity index (χ1n) is 3.35. The van der Waals surface area contributed by atoms with E-state index in [0.29, 0.717) is 0 Å². The summed E-state index contributed by atoms with van der Waals surface area (Å²) in [6, 6.07) is 3.04. The van der Waals surface area contributed by atoms with Gasteiger partial charge < -0.3 is 10.1 Å². The van der Waals surface area contributed by atoms with Crippen LogP contribution < -0.4 is 0 Å². The second kappa shape index (κ2) is 3.87. The van der Waals surface area contributed by atoms with Crippen molar-refractivity contribution < 1.29 is 4.92 Å². The molecule has 0 aliphatic carbocycles. The number of aromatic nitrogens is 2. The van der Waals surface area contributed by atoms with E-state index in [1.807, 2.05) is 0 Å². The van der Waals surface area contributed by atoms with Gasteiger partial charge in [-0.3, -0.25) is 0 Å². The van der Waals surface area contributed by atoms with Crippen molar-refractivity contribution in [3.63, 3.8) is 0 Å². The molecule has 1 heterocycles. The highest BCUT2D eigenvalue weighted by molar-refractivity contribution is 6.22. The zero-order valence-electron chi connectivity index (χ0n) is 6.42. The molecule has 0 aliphatic rings. The quantitative estimate of drug-likeness (QED) is 0.413. The Labute approximate surface area is 78.5 Å². The number of halogens is 1. The zero-order valence-corrected chi connectivity index (χ0v) is 7.18. The predicted molar refractivity (Wildman–Crippen MR) is 44.1 cm³/mol. The SMILES string of the molecule is N#CC(Cl)Cn1ccc([N+](=O)[O-])n1. The van der Waals surface area contributed by atoms with Crippen LogP contribution in [0.2, 0.25) is 0 Å². The molecule has 0 bridgehead atoms. The van der Waals surface area contributed by atoms with Crippen LogP contribution in [0.1, 0.15) is 0 Å². The van der Waals surface area contributed by atoms with E-state index in [1.165, 1.54) is 16.9 Å². The van der Waals surface area contributed by atoms with Crippen LogP contribution in [0.4, 0.5) is 5.82 Å². The van der Waals surface area contributed by atoms with Gasteiger partial charge in [0.05, 0.1) is 30.0 Å². The number of nitro groups is 1. The van der Waals surface area contributed by atoms with Crippen molar-refractivity contribution in [2.45, 2.75) is 11.9 Å². The Hall–Kier alpha value is -1.61. The second-order valence-electron chi connectivity index (χ2n) is 2.25. The van der Waals surface area contributed by atoms with Gasteiger partial charge in [-0.15, -0.1) is 11.6 Å². The Kier molecular flexibility index (Phi) is 2.82. The van der Waals surface area contributed by atoms with Crippen LogP contribution in [0.25, 0.3) is 0 Å². The summed E-state index contributed by atoms with van der Waals surface area (Å²) >= 11 is 5.50. The summed E-state index contributed by atoms with van der Waals surface area (Å²) in [5.41, 5.74) is 0. The third-order valence-electron chi connectivity index (χ3n) is 1.30. The first kappa shape index (κ1) is 9.48.